The van der Waals surface area contributed by atoms with Gasteiger partial charge in [-0.05, 0) is 36.6 Å². The Bertz CT molecular complexity index is 566. The highest BCUT2D eigenvalue weighted by molar-refractivity contribution is 7.98. The molecule has 0 aliphatic rings. The fourth-order valence-corrected chi connectivity index (χ4v) is 2.90. The van der Waals surface area contributed by atoms with Crippen LogP contribution in [0.1, 0.15) is 24.1 Å². The lowest BCUT2D eigenvalue weighted by atomic mass is 9.97. The van der Waals surface area contributed by atoms with E-state index in [-0.39, 0.29) is 5.56 Å². The van der Waals surface area contributed by atoms with Crippen molar-refractivity contribution in [1.29, 1.82) is 0 Å². The van der Waals surface area contributed by atoms with E-state index in [1.54, 1.807) is 11.8 Å². The van der Waals surface area contributed by atoms with Gasteiger partial charge in [-0.1, -0.05) is 31.2 Å². The van der Waals surface area contributed by atoms with Gasteiger partial charge in [-0.3, -0.25) is 0 Å². The Hall–Kier alpha value is -1.39. The van der Waals surface area contributed by atoms with Crippen LogP contribution < -0.4 is 5.32 Å². The summed E-state index contributed by atoms with van der Waals surface area (Å²) in [5.74, 6) is -1.04. The standard InChI is InChI=1S/C16H17F2NS/c1-3-19-16(11-7-4-5-10-14(11)20-2)15-12(17)8-6-9-13(15)18/h4-10,16,19H,3H2,1-2H3. The highest BCUT2D eigenvalue weighted by Crippen LogP contribution is 2.32. The van der Waals surface area contributed by atoms with Crippen LogP contribution in [0.15, 0.2) is 47.4 Å². The van der Waals surface area contributed by atoms with Gasteiger partial charge < -0.3 is 5.32 Å². The summed E-state index contributed by atoms with van der Waals surface area (Å²) in [7, 11) is 0. The zero-order valence-electron chi connectivity index (χ0n) is 11.5. The van der Waals surface area contributed by atoms with E-state index >= 15 is 0 Å². The molecule has 0 bridgehead atoms. The van der Waals surface area contributed by atoms with Crippen LogP contribution in [0, 0.1) is 11.6 Å². The molecule has 1 atom stereocenters. The van der Waals surface area contributed by atoms with Gasteiger partial charge in [0.2, 0.25) is 0 Å². The Morgan fingerprint density at radius 3 is 2.30 bits per heavy atom. The zero-order chi connectivity index (χ0) is 14.5. The summed E-state index contributed by atoms with van der Waals surface area (Å²) in [5, 5.41) is 3.18. The molecule has 0 radical (unpaired) electrons. The monoisotopic (exact) mass is 293 g/mol. The number of thioether (sulfide) groups is 1. The fraction of sp³-hybridized carbons (Fsp3) is 0.250. The van der Waals surface area contributed by atoms with Crippen molar-refractivity contribution in [3.8, 4) is 0 Å². The van der Waals surface area contributed by atoms with Crippen molar-refractivity contribution in [3.63, 3.8) is 0 Å². The van der Waals surface area contributed by atoms with Crippen LogP contribution in [0.2, 0.25) is 0 Å². The predicted octanol–water partition coefficient (Wildman–Crippen LogP) is 4.39. The maximum atomic E-state index is 14.1. The van der Waals surface area contributed by atoms with Crippen molar-refractivity contribution >= 4 is 11.8 Å². The first-order chi connectivity index (χ1) is 9.69. The summed E-state index contributed by atoms with van der Waals surface area (Å²) in [5.41, 5.74) is 0.974. The molecule has 1 N–H and O–H groups in total. The molecule has 0 aliphatic heterocycles. The van der Waals surface area contributed by atoms with Gasteiger partial charge in [0.05, 0.1) is 6.04 Å². The summed E-state index contributed by atoms with van der Waals surface area (Å²) >= 11 is 1.57. The number of hydrogen-bond acceptors (Lipinski definition) is 2. The molecular weight excluding hydrogens is 276 g/mol. The predicted molar refractivity (Wildman–Crippen MR) is 80.1 cm³/mol. The van der Waals surface area contributed by atoms with Crippen LogP contribution in [-0.4, -0.2) is 12.8 Å². The lowest BCUT2D eigenvalue weighted by Gasteiger charge is -2.22. The molecule has 2 aromatic carbocycles. The second-order valence-corrected chi connectivity index (χ2v) is 5.22. The molecule has 2 rings (SSSR count). The Morgan fingerprint density at radius 2 is 1.70 bits per heavy atom. The minimum absolute atomic E-state index is 0.0795. The lowest BCUT2D eigenvalue weighted by Crippen LogP contribution is -2.24. The third-order valence-corrected chi connectivity index (χ3v) is 3.96. The van der Waals surface area contributed by atoms with E-state index in [4.69, 9.17) is 0 Å². The second-order valence-electron chi connectivity index (χ2n) is 4.37. The Labute approximate surface area is 122 Å². The molecule has 0 spiro atoms. The van der Waals surface area contributed by atoms with Gasteiger partial charge in [-0.2, -0.15) is 0 Å². The first kappa shape index (κ1) is 15.0. The zero-order valence-corrected chi connectivity index (χ0v) is 12.3. The molecule has 0 heterocycles. The van der Waals surface area contributed by atoms with Crippen molar-refractivity contribution < 1.29 is 8.78 Å². The first-order valence-corrected chi connectivity index (χ1v) is 7.71. The van der Waals surface area contributed by atoms with Gasteiger partial charge in [0.1, 0.15) is 11.6 Å². The minimum Gasteiger partial charge on any atom is -0.306 e. The van der Waals surface area contributed by atoms with Crippen LogP contribution in [0.5, 0.6) is 0 Å². The molecule has 0 aliphatic carbocycles. The highest BCUT2D eigenvalue weighted by atomic mass is 32.2. The third-order valence-electron chi connectivity index (χ3n) is 3.15. The van der Waals surface area contributed by atoms with E-state index in [2.05, 4.69) is 5.32 Å². The van der Waals surface area contributed by atoms with Crippen molar-refractivity contribution in [2.24, 2.45) is 0 Å². The van der Waals surface area contributed by atoms with Gasteiger partial charge in [0.25, 0.3) is 0 Å². The number of rotatable bonds is 5. The smallest absolute Gasteiger partial charge is 0.131 e. The van der Waals surface area contributed by atoms with Gasteiger partial charge in [0.15, 0.2) is 0 Å². The lowest BCUT2D eigenvalue weighted by molar-refractivity contribution is 0.507. The maximum absolute atomic E-state index is 14.1. The molecule has 0 aromatic heterocycles. The van der Waals surface area contributed by atoms with Crippen LogP contribution in [0.3, 0.4) is 0 Å². The van der Waals surface area contributed by atoms with E-state index in [1.807, 2.05) is 37.4 Å². The number of hydrogen-bond donors (Lipinski definition) is 1. The van der Waals surface area contributed by atoms with Crippen LogP contribution >= 0.6 is 11.8 Å². The molecule has 0 saturated heterocycles. The Morgan fingerprint density at radius 1 is 1.05 bits per heavy atom. The normalized spacial score (nSPS) is 12.4. The van der Waals surface area contributed by atoms with Gasteiger partial charge >= 0.3 is 0 Å². The first-order valence-electron chi connectivity index (χ1n) is 6.49. The number of halogens is 2. The SMILES string of the molecule is CCNC(c1ccccc1SC)c1c(F)cccc1F. The van der Waals surface area contributed by atoms with Crippen molar-refractivity contribution in [1.82, 2.24) is 5.32 Å². The highest BCUT2D eigenvalue weighted by Gasteiger charge is 2.22. The van der Waals surface area contributed by atoms with Crippen LogP contribution in [0.25, 0.3) is 0 Å². The van der Waals surface area contributed by atoms with E-state index in [0.29, 0.717) is 6.54 Å². The minimum atomic E-state index is -0.521. The molecule has 0 amide bonds. The summed E-state index contributed by atoms with van der Waals surface area (Å²) in [6.45, 7) is 2.55. The number of nitrogens with one attached hydrogen (secondary N) is 1. The van der Waals surface area contributed by atoms with Crippen molar-refractivity contribution in [3.05, 3.63) is 65.2 Å². The summed E-state index contributed by atoms with van der Waals surface area (Å²) in [6, 6.07) is 11.2. The van der Waals surface area contributed by atoms with E-state index in [9.17, 15) is 8.78 Å². The van der Waals surface area contributed by atoms with Crippen molar-refractivity contribution in [2.75, 3.05) is 12.8 Å². The summed E-state index contributed by atoms with van der Waals surface area (Å²) < 4.78 is 28.1. The molecular formula is C16H17F2NS. The number of benzene rings is 2. The maximum Gasteiger partial charge on any atom is 0.131 e. The summed E-state index contributed by atoms with van der Waals surface area (Å²) in [6.07, 6.45) is 1.96. The Kier molecular flexibility index (Phi) is 5.15. The van der Waals surface area contributed by atoms with Crippen LogP contribution in [-0.2, 0) is 0 Å². The molecule has 2 aromatic rings. The molecule has 0 fully saturated rings. The second kappa shape index (κ2) is 6.86. The van der Waals surface area contributed by atoms with Crippen molar-refractivity contribution in [2.45, 2.75) is 17.9 Å². The third kappa shape index (κ3) is 3.02. The van der Waals surface area contributed by atoms with E-state index in [0.717, 1.165) is 10.5 Å². The topological polar surface area (TPSA) is 12.0 Å². The quantitative estimate of drug-likeness (QED) is 0.821. The molecule has 1 unspecified atom stereocenters. The molecule has 1 nitrogen and oxygen atoms in total. The summed E-state index contributed by atoms with van der Waals surface area (Å²) in [4.78, 5) is 1.01. The Balaban J connectivity index is 2.56. The molecule has 4 heteroatoms. The van der Waals surface area contributed by atoms with Gasteiger partial charge in [-0.15, -0.1) is 11.8 Å². The average molecular weight is 293 g/mol. The largest absolute Gasteiger partial charge is 0.306 e. The fourth-order valence-electron chi connectivity index (χ4n) is 2.26. The molecule has 0 saturated carbocycles. The van der Waals surface area contributed by atoms with Crippen LogP contribution in [0.4, 0.5) is 8.78 Å². The van der Waals surface area contributed by atoms with Gasteiger partial charge in [0, 0.05) is 10.5 Å². The molecule has 20 heavy (non-hydrogen) atoms. The van der Waals surface area contributed by atoms with E-state index in [1.165, 1.54) is 18.2 Å². The average Bonchev–Trinajstić information content (AvgIpc) is 2.46. The van der Waals surface area contributed by atoms with Gasteiger partial charge in [-0.25, -0.2) is 8.78 Å². The molecule has 106 valence electrons. The van der Waals surface area contributed by atoms with E-state index < -0.39 is 17.7 Å².